The van der Waals surface area contributed by atoms with E-state index in [9.17, 15) is 18.0 Å². The minimum absolute atomic E-state index is 0.0190. The van der Waals surface area contributed by atoms with Gasteiger partial charge in [-0.25, -0.2) is 5.01 Å². The maximum Gasteiger partial charge on any atom is 0.573 e. The van der Waals surface area contributed by atoms with Gasteiger partial charge >= 0.3 is 6.36 Å². The summed E-state index contributed by atoms with van der Waals surface area (Å²) in [6.07, 6.45) is -2.02. The van der Waals surface area contributed by atoms with Crippen molar-refractivity contribution in [2.75, 3.05) is 38.7 Å². The lowest BCUT2D eigenvalue weighted by atomic mass is 10.0. The van der Waals surface area contributed by atoms with E-state index in [0.29, 0.717) is 28.7 Å². The van der Waals surface area contributed by atoms with Crippen molar-refractivity contribution in [3.05, 3.63) is 60.8 Å². The van der Waals surface area contributed by atoms with Gasteiger partial charge in [0.05, 0.1) is 23.5 Å². The van der Waals surface area contributed by atoms with E-state index < -0.39 is 12.3 Å². The molecule has 2 N–H and O–H groups in total. The number of alkyl halides is 3. The zero-order valence-corrected chi connectivity index (χ0v) is 18.3. The topological polar surface area (TPSA) is 84.3 Å². The summed E-state index contributed by atoms with van der Waals surface area (Å²) in [5.41, 5.74) is 1.98. The van der Waals surface area contributed by atoms with Crippen LogP contribution in [0.2, 0.25) is 0 Å². The second kappa shape index (κ2) is 9.49. The number of likely N-dealkylation sites (N-methyl/N-ethyl adjacent to an activating group) is 1. The van der Waals surface area contributed by atoms with E-state index in [2.05, 4.69) is 38.1 Å². The average Bonchev–Trinajstić information content (AvgIpc) is 3.03. The molecule has 0 bridgehead atoms. The third kappa shape index (κ3) is 5.43. The highest BCUT2D eigenvalue weighted by Crippen LogP contribution is 2.31. The number of hydrogen-bond acceptors (Lipinski definition) is 6. The van der Waals surface area contributed by atoms with Crippen LogP contribution in [0.4, 0.5) is 18.9 Å². The molecule has 1 amide bonds. The number of halogens is 3. The number of nitrogens with one attached hydrogen (secondary N) is 2. The van der Waals surface area contributed by atoms with E-state index in [-0.39, 0.29) is 18.1 Å². The fraction of sp³-hybridized carbons (Fsp3) is 0.318. The third-order valence-corrected chi connectivity index (χ3v) is 5.27. The normalized spacial score (nSPS) is 18.1. The number of amidine groups is 1. The number of hydrazone groups is 1. The molecular weight excluding hydrogens is 437 g/mol. The summed E-state index contributed by atoms with van der Waals surface area (Å²) in [5, 5.41) is 17.2. The first-order valence-electron chi connectivity index (χ1n) is 10.0. The number of amides is 1. The minimum atomic E-state index is -4.80. The van der Waals surface area contributed by atoms with Crippen LogP contribution in [0.5, 0.6) is 5.75 Å². The Balaban J connectivity index is 1.92. The number of hydrogen-bond donors (Lipinski definition) is 2. The molecule has 176 valence electrons. The zero-order chi connectivity index (χ0) is 24.3. The van der Waals surface area contributed by atoms with Gasteiger partial charge in [-0.3, -0.25) is 10.2 Å². The van der Waals surface area contributed by atoms with E-state index in [0.717, 1.165) is 31.3 Å². The molecule has 0 aromatic heterocycles. The molecule has 3 rings (SSSR count). The van der Waals surface area contributed by atoms with Crippen molar-refractivity contribution < 1.29 is 22.7 Å². The van der Waals surface area contributed by atoms with Crippen LogP contribution < -0.4 is 15.1 Å². The lowest BCUT2D eigenvalue weighted by molar-refractivity contribution is -0.274. The van der Waals surface area contributed by atoms with Crippen molar-refractivity contribution in [1.82, 2.24) is 15.1 Å². The second-order valence-electron chi connectivity index (χ2n) is 7.66. The third-order valence-electron chi connectivity index (χ3n) is 5.27. The zero-order valence-electron chi connectivity index (χ0n) is 18.3. The van der Waals surface area contributed by atoms with Gasteiger partial charge < -0.3 is 19.9 Å². The quantitative estimate of drug-likeness (QED) is 0.581. The smallest absolute Gasteiger partial charge is 0.406 e. The highest BCUT2D eigenvalue weighted by Gasteiger charge is 2.36. The van der Waals surface area contributed by atoms with Crippen LogP contribution in [0.25, 0.3) is 0 Å². The van der Waals surface area contributed by atoms with Gasteiger partial charge in [-0.15, -0.1) is 13.2 Å². The van der Waals surface area contributed by atoms with Crippen molar-refractivity contribution in [3.63, 3.8) is 0 Å². The van der Waals surface area contributed by atoms with Crippen molar-refractivity contribution in [2.24, 2.45) is 5.10 Å². The monoisotopic (exact) mass is 462 g/mol. The fourth-order valence-corrected chi connectivity index (χ4v) is 3.44. The summed E-state index contributed by atoms with van der Waals surface area (Å²) in [4.78, 5) is 15.9. The molecule has 1 aromatic carbocycles. The molecule has 1 aromatic rings. The molecule has 0 spiro atoms. The molecule has 11 heteroatoms. The molecule has 0 saturated carbocycles. The number of anilines is 1. The Labute approximate surface area is 189 Å². The van der Waals surface area contributed by atoms with E-state index in [1.165, 1.54) is 17.1 Å². The Hall–Kier alpha value is -3.60. The lowest BCUT2D eigenvalue weighted by Gasteiger charge is -2.45. The number of carbonyl (C=O) groups excluding carboxylic acids is 1. The van der Waals surface area contributed by atoms with Gasteiger partial charge in [0.1, 0.15) is 5.75 Å². The van der Waals surface area contributed by atoms with E-state index in [1.54, 1.807) is 6.08 Å². The lowest BCUT2D eigenvalue weighted by Crippen LogP contribution is -2.56. The number of rotatable bonds is 8. The molecule has 0 atom stereocenters. The fourth-order valence-electron chi connectivity index (χ4n) is 3.44. The molecule has 2 aliphatic heterocycles. The van der Waals surface area contributed by atoms with Gasteiger partial charge in [0.15, 0.2) is 5.84 Å². The predicted octanol–water partition coefficient (Wildman–Crippen LogP) is 2.73. The predicted molar refractivity (Wildman–Crippen MR) is 120 cm³/mol. The Bertz CT molecular complexity index is 1010. The second-order valence-corrected chi connectivity index (χ2v) is 7.66. The Morgan fingerprint density at radius 3 is 2.42 bits per heavy atom. The van der Waals surface area contributed by atoms with Gasteiger partial charge in [0.2, 0.25) is 5.91 Å². The number of likely N-dealkylation sites (tertiary alicyclic amines) is 1. The van der Waals surface area contributed by atoms with Crippen LogP contribution in [0, 0.1) is 5.41 Å². The first-order chi connectivity index (χ1) is 15.5. The highest BCUT2D eigenvalue weighted by molar-refractivity contribution is 6.32. The largest absolute Gasteiger partial charge is 0.573 e. The van der Waals surface area contributed by atoms with Crippen LogP contribution in [0.15, 0.2) is 65.9 Å². The van der Waals surface area contributed by atoms with Gasteiger partial charge in [-0.05, 0) is 50.5 Å². The number of carbonyl (C=O) groups is 1. The van der Waals surface area contributed by atoms with Crippen LogP contribution >= 0.6 is 0 Å². The molecule has 2 heterocycles. The summed E-state index contributed by atoms with van der Waals surface area (Å²) in [7, 11) is 3.98. The number of benzene rings is 1. The molecule has 33 heavy (non-hydrogen) atoms. The molecule has 8 nitrogen and oxygen atoms in total. The first-order valence-corrected chi connectivity index (χ1v) is 10.0. The minimum Gasteiger partial charge on any atom is -0.406 e. The van der Waals surface area contributed by atoms with Crippen LogP contribution in [-0.4, -0.2) is 73.4 Å². The van der Waals surface area contributed by atoms with Crippen molar-refractivity contribution in [2.45, 2.75) is 12.4 Å². The molecule has 2 aliphatic rings. The van der Waals surface area contributed by atoms with E-state index in [1.807, 2.05) is 14.1 Å². The number of allylic oxidation sites excluding steroid dienone is 1. The summed E-state index contributed by atoms with van der Waals surface area (Å²) in [6, 6.07) is 5.41. The average molecular weight is 462 g/mol. The standard InChI is InChI=1S/C22H25F3N6O2/c1-5-18(30-12-15(13-30)29(3)4)20-17(11-27-19(32)6-2)28-31(21(20)26)14-7-9-16(10-8-14)33-22(23,24)25/h5-10,15,26H,1-2,11-13H2,3-4H3,(H,27,32)/b20-18+,26-21?. The van der Waals surface area contributed by atoms with Crippen LogP contribution in [0.1, 0.15) is 0 Å². The van der Waals surface area contributed by atoms with E-state index in [4.69, 9.17) is 5.41 Å². The molecule has 0 aliphatic carbocycles. The van der Waals surface area contributed by atoms with Gasteiger partial charge in [-0.2, -0.15) is 5.10 Å². The van der Waals surface area contributed by atoms with Gasteiger partial charge in [0.25, 0.3) is 0 Å². The number of nitrogens with zero attached hydrogens (tertiary/aromatic N) is 4. The van der Waals surface area contributed by atoms with Crippen molar-refractivity contribution in [1.29, 1.82) is 5.41 Å². The Morgan fingerprint density at radius 1 is 1.27 bits per heavy atom. The summed E-state index contributed by atoms with van der Waals surface area (Å²) < 4.78 is 41.3. The highest BCUT2D eigenvalue weighted by atomic mass is 19.4. The maximum absolute atomic E-state index is 12.5. The molecular formula is C22H25F3N6O2. The molecule has 0 unspecified atom stereocenters. The molecule has 1 saturated heterocycles. The summed E-state index contributed by atoms with van der Waals surface area (Å²) in [6.45, 7) is 8.83. The summed E-state index contributed by atoms with van der Waals surface area (Å²) in [5.74, 6) is -0.754. The van der Waals surface area contributed by atoms with Gasteiger partial charge in [-0.1, -0.05) is 13.2 Å². The van der Waals surface area contributed by atoms with E-state index >= 15 is 0 Å². The van der Waals surface area contributed by atoms with Crippen LogP contribution in [-0.2, 0) is 4.79 Å². The molecule has 1 fully saturated rings. The van der Waals surface area contributed by atoms with Crippen molar-refractivity contribution >= 4 is 23.1 Å². The Morgan fingerprint density at radius 2 is 1.91 bits per heavy atom. The summed E-state index contributed by atoms with van der Waals surface area (Å²) >= 11 is 0. The van der Waals surface area contributed by atoms with Crippen molar-refractivity contribution in [3.8, 4) is 5.75 Å². The van der Waals surface area contributed by atoms with Crippen LogP contribution in [0.3, 0.4) is 0 Å². The van der Waals surface area contributed by atoms with Gasteiger partial charge in [0, 0.05) is 24.8 Å². The number of ether oxygens (including phenoxy) is 1. The molecule has 0 radical (unpaired) electrons. The maximum atomic E-state index is 12.5. The first kappa shape index (κ1) is 24.1. The SMILES string of the molecule is C=CC(=O)NCC1=NN(c2ccc(OC(F)(F)F)cc2)C(=N)/C1=C(\C=C)N1CC(N(C)C)C1. The Kier molecular flexibility index (Phi) is 6.92.